The summed E-state index contributed by atoms with van der Waals surface area (Å²) in [5.41, 5.74) is 3.09. The molecule has 6 aromatic carbocycles. The SMILES string of the molecule is CCCCCCCCc1ccc2ccccc2c1OP(=O)(Oc1c(CCCCCCCC)ccc2ccccc12)Oc1c(CCCCCCCC)ccc2ccccc12. The third-order valence-electron chi connectivity index (χ3n) is 11.9. The monoisotopic (exact) mass is 812 g/mol. The van der Waals surface area contributed by atoms with Crippen molar-refractivity contribution >= 4 is 40.1 Å². The van der Waals surface area contributed by atoms with Crippen LogP contribution in [0.5, 0.6) is 17.2 Å². The average Bonchev–Trinajstić information content (AvgIpc) is 3.26. The van der Waals surface area contributed by atoms with Gasteiger partial charge in [0.1, 0.15) is 17.2 Å². The largest absolute Gasteiger partial charge is 0.647 e. The van der Waals surface area contributed by atoms with Crippen LogP contribution in [-0.2, 0) is 23.8 Å². The van der Waals surface area contributed by atoms with Crippen LogP contribution in [0.1, 0.15) is 153 Å². The van der Waals surface area contributed by atoms with Crippen molar-refractivity contribution in [1.29, 1.82) is 0 Å². The van der Waals surface area contributed by atoms with Crippen molar-refractivity contribution in [2.45, 2.75) is 156 Å². The Morgan fingerprint density at radius 1 is 0.339 bits per heavy atom. The third-order valence-corrected chi connectivity index (χ3v) is 13.1. The first-order chi connectivity index (χ1) is 29.0. The molecule has 4 nitrogen and oxygen atoms in total. The van der Waals surface area contributed by atoms with Crippen LogP contribution in [0.15, 0.2) is 109 Å². The van der Waals surface area contributed by atoms with E-state index in [0.717, 1.165) is 107 Å². The molecule has 0 unspecified atom stereocenters. The summed E-state index contributed by atoms with van der Waals surface area (Å²) in [4.78, 5) is 0. The maximum Gasteiger partial charge on any atom is 0.647 e. The van der Waals surface area contributed by atoms with Gasteiger partial charge in [-0.15, -0.1) is 0 Å². The molecule has 0 aliphatic heterocycles. The van der Waals surface area contributed by atoms with E-state index in [4.69, 9.17) is 13.6 Å². The molecule has 0 fully saturated rings. The molecule has 0 spiro atoms. The molecule has 0 N–H and O–H groups in total. The highest BCUT2D eigenvalue weighted by Gasteiger charge is 2.37. The molecule has 0 atom stereocenters. The Balaban J connectivity index is 1.43. The van der Waals surface area contributed by atoms with Crippen molar-refractivity contribution in [3.8, 4) is 17.2 Å². The molecular formula is C54H69O4P. The zero-order valence-corrected chi connectivity index (χ0v) is 37.2. The van der Waals surface area contributed by atoms with Crippen LogP contribution in [0.2, 0.25) is 0 Å². The van der Waals surface area contributed by atoms with Crippen LogP contribution >= 0.6 is 7.82 Å². The van der Waals surface area contributed by atoms with Crippen LogP contribution in [0.4, 0.5) is 0 Å². The molecule has 5 heteroatoms. The van der Waals surface area contributed by atoms with Crippen LogP contribution in [0, 0.1) is 0 Å². The number of benzene rings is 6. The van der Waals surface area contributed by atoms with Crippen LogP contribution in [-0.4, -0.2) is 0 Å². The Hall–Kier alpha value is -4.27. The maximum absolute atomic E-state index is 16.2. The van der Waals surface area contributed by atoms with Crippen molar-refractivity contribution in [2.24, 2.45) is 0 Å². The number of phosphoric ester groups is 1. The quantitative estimate of drug-likeness (QED) is 0.0384. The standard InChI is InChI=1S/C54H69O4P/c1-4-7-10-13-16-19-31-46-40-37-43-28-22-25-34-49(43)52(46)56-59(55,57-53-47(32-20-17-14-11-8-5-2)41-38-44-29-23-26-35-50(44)53)58-54-48(33-21-18-15-12-9-6-3)42-39-45-30-24-27-36-51(45)54/h22-30,34-42H,4-21,31-33H2,1-3H3. The first-order valence-corrected chi connectivity index (χ1v) is 24.7. The molecular weight excluding hydrogens is 744 g/mol. The first-order valence-electron chi connectivity index (χ1n) is 23.2. The first kappa shape index (κ1) is 44.3. The minimum absolute atomic E-state index is 0.593. The van der Waals surface area contributed by atoms with Gasteiger partial charge < -0.3 is 13.6 Å². The zero-order valence-electron chi connectivity index (χ0n) is 36.3. The minimum atomic E-state index is -4.44. The smallest absolute Gasteiger partial charge is 0.385 e. The fourth-order valence-electron chi connectivity index (χ4n) is 8.46. The van der Waals surface area contributed by atoms with Crippen LogP contribution in [0.25, 0.3) is 32.3 Å². The number of rotatable bonds is 27. The van der Waals surface area contributed by atoms with Gasteiger partial charge in [-0.3, -0.25) is 0 Å². The fourth-order valence-corrected chi connectivity index (χ4v) is 9.89. The number of phosphoric acid groups is 1. The molecule has 0 bridgehead atoms. The molecule has 314 valence electrons. The predicted molar refractivity (Wildman–Crippen MR) is 253 cm³/mol. The van der Waals surface area contributed by atoms with Gasteiger partial charge in [-0.05, 0) is 71.4 Å². The maximum atomic E-state index is 16.2. The summed E-state index contributed by atoms with van der Waals surface area (Å²) in [6.45, 7) is 6.77. The van der Waals surface area contributed by atoms with Gasteiger partial charge in [-0.2, -0.15) is 4.57 Å². The summed E-state index contributed by atoms with van der Waals surface area (Å²) in [6.07, 6.45) is 23.9. The van der Waals surface area contributed by atoms with E-state index < -0.39 is 7.82 Å². The van der Waals surface area contributed by atoms with E-state index in [1.165, 1.54) is 77.0 Å². The predicted octanol–water partition coefficient (Wildman–Crippen LogP) is 17.5. The molecule has 0 radical (unpaired) electrons. The lowest BCUT2D eigenvalue weighted by Crippen LogP contribution is -2.12. The van der Waals surface area contributed by atoms with Crippen molar-refractivity contribution < 1.29 is 18.1 Å². The van der Waals surface area contributed by atoms with Gasteiger partial charge in [-0.1, -0.05) is 226 Å². The van der Waals surface area contributed by atoms with Gasteiger partial charge in [0.25, 0.3) is 0 Å². The van der Waals surface area contributed by atoms with Crippen molar-refractivity contribution in [2.75, 3.05) is 0 Å². The molecule has 0 heterocycles. The zero-order chi connectivity index (χ0) is 41.1. The van der Waals surface area contributed by atoms with E-state index in [1.54, 1.807) is 0 Å². The lowest BCUT2D eigenvalue weighted by molar-refractivity contribution is 0.298. The highest BCUT2D eigenvalue weighted by Crippen LogP contribution is 2.55. The summed E-state index contributed by atoms with van der Waals surface area (Å²) >= 11 is 0. The number of aryl methyl sites for hydroxylation is 3. The van der Waals surface area contributed by atoms with Gasteiger partial charge in [-0.25, -0.2) is 0 Å². The normalized spacial score (nSPS) is 11.8. The van der Waals surface area contributed by atoms with Crippen molar-refractivity contribution in [3.63, 3.8) is 0 Å². The lowest BCUT2D eigenvalue weighted by atomic mass is 10.0. The number of hydrogen-bond donors (Lipinski definition) is 0. The van der Waals surface area contributed by atoms with Crippen molar-refractivity contribution in [1.82, 2.24) is 0 Å². The average molecular weight is 813 g/mol. The minimum Gasteiger partial charge on any atom is -0.385 e. The van der Waals surface area contributed by atoms with Gasteiger partial charge in [0.2, 0.25) is 0 Å². The topological polar surface area (TPSA) is 44.8 Å². The summed E-state index contributed by atoms with van der Waals surface area (Å²) in [5, 5.41) is 5.84. The van der Waals surface area contributed by atoms with E-state index in [1.807, 2.05) is 36.4 Å². The summed E-state index contributed by atoms with van der Waals surface area (Å²) in [6, 6.07) is 37.7. The molecule has 6 rings (SSSR count). The second-order valence-electron chi connectivity index (χ2n) is 16.6. The summed E-state index contributed by atoms with van der Waals surface area (Å²) in [7, 11) is -4.44. The number of unbranched alkanes of at least 4 members (excludes halogenated alkanes) is 15. The van der Waals surface area contributed by atoms with Gasteiger partial charge >= 0.3 is 7.82 Å². The van der Waals surface area contributed by atoms with Crippen molar-refractivity contribution in [3.05, 3.63) is 126 Å². The highest BCUT2D eigenvalue weighted by molar-refractivity contribution is 7.49. The van der Waals surface area contributed by atoms with E-state index in [0.29, 0.717) is 17.2 Å². The van der Waals surface area contributed by atoms with E-state index >= 15 is 4.57 Å². The summed E-state index contributed by atoms with van der Waals surface area (Å²) < 4.78 is 37.2. The van der Waals surface area contributed by atoms with Crippen LogP contribution in [0.3, 0.4) is 0 Å². The van der Waals surface area contributed by atoms with Gasteiger partial charge in [0.15, 0.2) is 0 Å². The second-order valence-corrected chi connectivity index (χ2v) is 18.0. The Labute approximate surface area is 355 Å². The Morgan fingerprint density at radius 3 is 0.915 bits per heavy atom. The van der Waals surface area contributed by atoms with E-state index in [9.17, 15) is 0 Å². The van der Waals surface area contributed by atoms with Gasteiger partial charge in [0, 0.05) is 16.2 Å². The summed E-state index contributed by atoms with van der Waals surface area (Å²) in [5.74, 6) is 1.78. The third kappa shape index (κ3) is 12.6. The number of fused-ring (bicyclic) bond motifs is 3. The highest BCUT2D eigenvalue weighted by atomic mass is 31.2. The van der Waals surface area contributed by atoms with Gasteiger partial charge in [0.05, 0.1) is 0 Å². The lowest BCUT2D eigenvalue weighted by Gasteiger charge is -2.25. The molecule has 59 heavy (non-hydrogen) atoms. The molecule has 0 amide bonds. The number of hydrogen-bond acceptors (Lipinski definition) is 4. The second kappa shape index (κ2) is 23.5. The fraction of sp³-hybridized carbons (Fsp3) is 0.444. The molecule has 0 aliphatic rings. The Bertz CT molecular complexity index is 1990. The van der Waals surface area contributed by atoms with E-state index in [2.05, 4.69) is 93.6 Å². The molecule has 6 aromatic rings. The Morgan fingerprint density at radius 2 is 0.610 bits per heavy atom. The molecule has 0 saturated carbocycles. The molecule has 0 saturated heterocycles. The Kier molecular flexibility index (Phi) is 17.6. The van der Waals surface area contributed by atoms with Crippen LogP contribution < -0.4 is 13.6 Å². The molecule has 0 aliphatic carbocycles. The molecule has 0 aromatic heterocycles. The van der Waals surface area contributed by atoms with E-state index in [-0.39, 0.29) is 0 Å².